The molecular formula is C9H20N2O3S2. The zero-order valence-electron chi connectivity index (χ0n) is 9.79. The van der Waals surface area contributed by atoms with E-state index in [-0.39, 0.29) is 6.61 Å². The van der Waals surface area contributed by atoms with Crippen LogP contribution in [0.15, 0.2) is 0 Å². The maximum Gasteiger partial charge on any atom is 0.281 e. The third kappa shape index (κ3) is 3.59. The van der Waals surface area contributed by atoms with Gasteiger partial charge < -0.3 is 5.11 Å². The smallest absolute Gasteiger partial charge is 0.281 e. The third-order valence-corrected chi connectivity index (χ3v) is 5.65. The molecule has 0 aromatic carbocycles. The minimum Gasteiger partial charge on any atom is -0.396 e. The van der Waals surface area contributed by atoms with E-state index in [0.29, 0.717) is 31.3 Å². The lowest BCUT2D eigenvalue weighted by molar-refractivity contribution is 0.271. The molecule has 0 spiro atoms. The Morgan fingerprint density at radius 3 is 2.81 bits per heavy atom. The van der Waals surface area contributed by atoms with Gasteiger partial charge in [-0.15, -0.1) is 0 Å². The normalized spacial score (nSPS) is 23.9. The van der Waals surface area contributed by atoms with Gasteiger partial charge in [-0.25, -0.2) is 0 Å². The quantitative estimate of drug-likeness (QED) is 0.761. The third-order valence-electron chi connectivity index (χ3n) is 2.56. The van der Waals surface area contributed by atoms with Gasteiger partial charge in [0, 0.05) is 44.3 Å². The molecule has 0 aromatic rings. The Morgan fingerprint density at radius 1 is 1.56 bits per heavy atom. The van der Waals surface area contributed by atoms with Crippen molar-refractivity contribution in [3.63, 3.8) is 0 Å². The highest BCUT2D eigenvalue weighted by atomic mass is 32.2. The van der Waals surface area contributed by atoms with E-state index in [4.69, 9.17) is 5.11 Å². The van der Waals surface area contributed by atoms with Crippen molar-refractivity contribution in [1.29, 1.82) is 0 Å². The van der Waals surface area contributed by atoms with Crippen LogP contribution in [-0.2, 0) is 10.2 Å². The van der Waals surface area contributed by atoms with Crippen LogP contribution < -0.4 is 0 Å². The van der Waals surface area contributed by atoms with Gasteiger partial charge in [-0.3, -0.25) is 0 Å². The van der Waals surface area contributed by atoms with Crippen LogP contribution in [0.25, 0.3) is 0 Å². The van der Waals surface area contributed by atoms with Crippen LogP contribution in [0.4, 0.5) is 0 Å². The van der Waals surface area contributed by atoms with Crippen molar-refractivity contribution in [2.45, 2.75) is 18.6 Å². The molecule has 0 aliphatic carbocycles. The van der Waals surface area contributed by atoms with Crippen molar-refractivity contribution in [3.8, 4) is 0 Å². The SMILES string of the molecule is CC1CN(S(=O)(=O)N(C)CCCO)CCS1. The molecule has 0 radical (unpaired) electrons. The zero-order valence-corrected chi connectivity index (χ0v) is 11.4. The molecule has 1 saturated heterocycles. The molecule has 1 heterocycles. The van der Waals surface area contributed by atoms with Crippen LogP contribution in [0.3, 0.4) is 0 Å². The van der Waals surface area contributed by atoms with Gasteiger partial charge in [0.15, 0.2) is 0 Å². The Morgan fingerprint density at radius 2 is 2.25 bits per heavy atom. The molecule has 1 N–H and O–H groups in total. The van der Waals surface area contributed by atoms with Crippen molar-refractivity contribution < 1.29 is 13.5 Å². The van der Waals surface area contributed by atoms with E-state index in [1.807, 2.05) is 6.92 Å². The van der Waals surface area contributed by atoms with Crippen molar-refractivity contribution in [2.24, 2.45) is 0 Å². The minimum atomic E-state index is -3.32. The summed E-state index contributed by atoms with van der Waals surface area (Å²) in [5, 5.41) is 9.05. The van der Waals surface area contributed by atoms with Gasteiger partial charge >= 0.3 is 0 Å². The van der Waals surface area contributed by atoms with E-state index >= 15 is 0 Å². The second kappa shape index (κ2) is 6.20. The molecule has 1 fully saturated rings. The van der Waals surface area contributed by atoms with Crippen LogP contribution in [0.2, 0.25) is 0 Å². The summed E-state index contributed by atoms with van der Waals surface area (Å²) in [7, 11) is -1.76. The fourth-order valence-corrected chi connectivity index (χ4v) is 4.31. The second-order valence-corrected chi connectivity index (χ2v) is 7.53. The van der Waals surface area contributed by atoms with Gasteiger partial charge in [0.2, 0.25) is 0 Å². The van der Waals surface area contributed by atoms with E-state index in [2.05, 4.69) is 0 Å². The first kappa shape index (κ1) is 14.2. The van der Waals surface area contributed by atoms with E-state index in [9.17, 15) is 8.42 Å². The highest BCUT2D eigenvalue weighted by molar-refractivity contribution is 8.00. The second-order valence-electron chi connectivity index (χ2n) is 3.95. The van der Waals surface area contributed by atoms with Crippen molar-refractivity contribution in [1.82, 2.24) is 8.61 Å². The monoisotopic (exact) mass is 268 g/mol. The summed E-state index contributed by atoms with van der Waals surface area (Å²) < 4.78 is 27.1. The van der Waals surface area contributed by atoms with Crippen LogP contribution in [0.5, 0.6) is 0 Å². The molecule has 1 aliphatic heterocycles. The van der Waals surface area contributed by atoms with E-state index in [1.54, 1.807) is 18.8 Å². The first-order valence-electron chi connectivity index (χ1n) is 5.42. The topological polar surface area (TPSA) is 60.9 Å². The molecular weight excluding hydrogens is 248 g/mol. The summed E-state index contributed by atoms with van der Waals surface area (Å²) in [6.07, 6.45) is 0.480. The summed E-state index contributed by atoms with van der Waals surface area (Å²) >= 11 is 1.80. The standard InChI is InChI=1S/C9H20N2O3S2/c1-9-8-11(5-7-15-9)16(13,14)10(2)4-3-6-12/h9,12H,3-8H2,1-2H3. The molecule has 1 unspecified atom stereocenters. The summed E-state index contributed by atoms with van der Waals surface area (Å²) in [6, 6.07) is 0. The number of hydrogen-bond acceptors (Lipinski definition) is 4. The zero-order chi connectivity index (χ0) is 12.2. The van der Waals surface area contributed by atoms with Crippen LogP contribution >= 0.6 is 11.8 Å². The number of nitrogens with zero attached hydrogens (tertiary/aromatic N) is 2. The molecule has 0 bridgehead atoms. The van der Waals surface area contributed by atoms with Gasteiger partial charge in [0.05, 0.1) is 0 Å². The van der Waals surface area contributed by atoms with Gasteiger partial charge in [0.25, 0.3) is 10.2 Å². The summed E-state index contributed by atoms with van der Waals surface area (Å²) in [6.45, 7) is 3.60. The van der Waals surface area contributed by atoms with E-state index < -0.39 is 10.2 Å². The molecule has 0 saturated carbocycles. The lowest BCUT2D eigenvalue weighted by Crippen LogP contribution is -2.47. The Balaban J connectivity index is 2.61. The Hall–Kier alpha value is 0.180. The predicted molar refractivity (Wildman–Crippen MR) is 66.7 cm³/mol. The molecule has 16 heavy (non-hydrogen) atoms. The highest BCUT2D eigenvalue weighted by Crippen LogP contribution is 2.21. The molecule has 1 atom stereocenters. The van der Waals surface area contributed by atoms with Crippen molar-refractivity contribution in [3.05, 3.63) is 0 Å². The number of rotatable bonds is 5. The maximum absolute atomic E-state index is 12.1. The Kier molecular flexibility index (Phi) is 5.52. The number of aliphatic hydroxyl groups is 1. The highest BCUT2D eigenvalue weighted by Gasteiger charge is 2.30. The van der Waals surface area contributed by atoms with Gasteiger partial charge in [-0.1, -0.05) is 6.92 Å². The summed E-state index contributed by atoms with van der Waals surface area (Å²) in [4.78, 5) is 0. The molecule has 5 nitrogen and oxygen atoms in total. The fraction of sp³-hybridized carbons (Fsp3) is 1.00. The fourth-order valence-electron chi connectivity index (χ4n) is 1.60. The first-order valence-corrected chi connectivity index (χ1v) is 7.87. The molecule has 1 aliphatic rings. The molecule has 96 valence electrons. The number of aliphatic hydroxyl groups excluding tert-OH is 1. The molecule has 0 amide bonds. The van der Waals surface area contributed by atoms with Gasteiger partial charge in [0.1, 0.15) is 0 Å². The summed E-state index contributed by atoms with van der Waals surface area (Å²) in [5.74, 6) is 0.855. The van der Waals surface area contributed by atoms with Crippen LogP contribution in [-0.4, -0.2) is 66.4 Å². The lowest BCUT2D eigenvalue weighted by Gasteiger charge is -2.32. The lowest BCUT2D eigenvalue weighted by atomic mass is 10.4. The number of hydrogen-bond donors (Lipinski definition) is 1. The van der Waals surface area contributed by atoms with E-state index in [1.165, 1.54) is 8.61 Å². The van der Waals surface area contributed by atoms with Gasteiger partial charge in [-0.2, -0.15) is 28.8 Å². The molecule has 0 aromatic heterocycles. The van der Waals surface area contributed by atoms with Crippen LogP contribution in [0, 0.1) is 0 Å². The van der Waals surface area contributed by atoms with Crippen LogP contribution in [0.1, 0.15) is 13.3 Å². The first-order chi connectivity index (χ1) is 7.48. The minimum absolute atomic E-state index is 0.0200. The average Bonchev–Trinajstić information content (AvgIpc) is 2.25. The predicted octanol–water partition coefficient (Wildman–Crippen LogP) is -0.0173. The Bertz CT molecular complexity index is 308. The van der Waals surface area contributed by atoms with E-state index in [0.717, 1.165) is 5.75 Å². The van der Waals surface area contributed by atoms with Crippen molar-refractivity contribution in [2.75, 3.05) is 39.0 Å². The Labute approximate surface area is 102 Å². The largest absolute Gasteiger partial charge is 0.396 e. The van der Waals surface area contributed by atoms with Crippen molar-refractivity contribution >= 4 is 22.0 Å². The molecule has 1 rings (SSSR count). The summed E-state index contributed by atoms with van der Waals surface area (Å²) in [5.41, 5.74) is 0. The number of thioether (sulfide) groups is 1. The average molecular weight is 268 g/mol. The maximum atomic E-state index is 12.1. The molecule has 7 heteroatoms. The van der Waals surface area contributed by atoms with Gasteiger partial charge in [-0.05, 0) is 6.42 Å².